The molecule has 1 amide bonds. The van der Waals surface area contributed by atoms with Gasteiger partial charge in [0, 0.05) is 5.41 Å². The summed E-state index contributed by atoms with van der Waals surface area (Å²) in [5, 5.41) is 5.01. The van der Waals surface area contributed by atoms with Gasteiger partial charge in [-0.3, -0.25) is 4.79 Å². The van der Waals surface area contributed by atoms with Crippen LogP contribution in [0.3, 0.4) is 0 Å². The van der Waals surface area contributed by atoms with E-state index in [9.17, 15) is 4.79 Å². The fourth-order valence-corrected chi connectivity index (χ4v) is 2.59. The van der Waals surface area contributed by atoms with E-state index in [0.29, 0.717) is 11.6 Å². The number of carbonyl (C=O) groups excluding carboxylic acids is 1. The van der Waals surface area contributed by atoms with Crippen LogP contribution in [0.1, 0.15) is 19.8 Å². The molecule has 3 nitrogen and oxygen atoms in total. The SMILES string of the molecule is CC1(C2CC2)NC(C(N)=O)=CS1. The highest BCUT2D eigenvalue weighted by molar-refractivity contribution is 8.03. The molecular weight excluding hydrogens is 172 g/mol. The van der Waals surface area contributed by atoms with Gasteiger partial charge in [0.1, 0.15) is 5.70 Å². The normalized spacial score (nSPS) is 34.2. The Kier molecular flexibility index (Phi) is 1.61. The van der Waals surface area contributed by atoms with Crippen molar-refractivity contribution in [3.63, 3.8) is 0 Å². The predicted molar refractivity (Wildman–Crippen MR) is 49.1 cm³/mol. The number of primary amides is 1. The summed E-state index contributed by atoms with van der Waals surface area (Å²) in [6.07, 6.45) is 2.52. The third-order valence-corrected chi connectivity index (χ3v) is 3.70. The topological polar surface area (TPSA) is 55.1 Å². The maximum Gasteiger partial charge on any atom is 0.265 e. The van der Waals surface area contributed by atoms with E-state index in [4.69, 9.17) is 5.73 Å². The van der Waals surface area contributed by atoms with E-state index in [0.717, 1.165) is 0 Å². The molecule has 0 radical (unpaired) electrons. The standard InChI is InChI=1S/C8H12N2OS/c1-8(5-2-3-5)10-6(4-12-8)7(9)11/h4-5,10H,2-3H2,1H3,(H2,9,11). The zero-order valence-electron chi connectivity index (χ0n) is 6.96. The maximum absolute atomic E-state index is 10.8. The maximum atomic E-state index is 10.8. The Bertz CT molecular complexity index is 260. The lowest BCUT2D eigenvalue weighted by Crippen LogP contribution is -2.39. The molecule has 4 heteroatoms. The quantitative estimate of drug-likeness (QED) is 0.666. The van der Waals surface area contributed by atoms with Gasteiger partial charge in [0.05, 0.1) is 4.87 Å². The van der Waals surface area contributed by atoms with Gasteiger partial charge in [0.25, 0.3) is 5.91 Å². The molecule has 3 N–H and O–H groups in total. The lowest BCUT2D eigenvalue weighted by atomic mass is 10.2. The van der Waals surface area contributed by atoms with Crippen LogP contribution in [0.4, 0.5) is 0 Å². The summed E-state index contributed by atoms with van der Waals surface area (Å²) >= 11 is 1.68. The van der Waals surface area contributed by atoms with E-state index in [2.05, 4.69) is 12.2 Å². The van der Waals surface area contributed by atoms with Crippen LogP contribution in [-0.4, -0.2) is 10.8 Å². The summed E-state index contributed by atoms with van der Waals surface area (Å²) in [6.45, 7) is 2.13. The Morgan fingerprint density at radius 3 is 2.92 bits per heavy atom. The number of thioether (sulfide) groups is 1. The molecule has 1 saturated carbocycles. The van der Waals surface area contributed by atoms with Crippen LogP contribution in [0.15, 0.2) is 11.1 Å². The van der Waals surface area contributed by atoms with Gasteiger partial charge in [-0.05, 0) is 25.7 Å². The molecule has 0 saturated heterocycles. The minimum absolute atomic E-state index is 0.0321. The molecule has 2 aliphatic rings. The first-order valence-corrected chi connectivity index (χ1v) is 4.96. The van der Waals surface area contributed by atoms with Crippen molar-refractivity contribution in [3.8, 4) is 0 Å². The number of hydrogen-bond donors (Lipinski definition) is 2. The van der Waals surface area contributed by atoms with Gasteiger partial charge in [-0.1, -0.05) is 0 Å². The molecule has 1 aliphatic carbocycles. The molecule has 1 atom stereocenters. The first-order valence-electron chi connectivity index (χ1n) is 4.08. The van der Waals surface area contributed by atoms with Crippen molar-refractivity contribution in [1.29, 1.82) is 0 Å². The number of nitrogens with one attached hydrogen (secondary N) is 1. The highest BCUT2D eigenvalue weighted by Crippen LogP contribution is 2.49. The molecule has 2 rings (SSSR count). The van der Waals surface area contributed by atoms with Crippen molar-refractivity contribution in [1.82, 2.24) is 5.32 Å². The summed E-state index contributed by atoms with van der Waals surface area (Å²) in [4.78, 5) is 10.8. The largest absolute Gasteiger partial charge is 0.366 e. The Morgan fingerprint density at radius 2 is 2.50 bits per heavy atom. The molecule has 1 heterocycles. The average molecular weight is 184 g/mol. The molecule has 0 bridgehead atoms. The van der Waals surface area contributed by atoms with Crippen LogP contribution in [0.5, 0.6) is 0 Å². The van der Waals surface area contributed by atoms with Gasteiger partial charge in [-0.2, -0.15) is 0 Å². The van der Waals surface area contributed by atoms with Crippen molar-refractivity contribution in [3.05, 3.63) is 11.1 Å². The predicted octanol–water partition coefficient (Wildman–Crippen LogP) is 0.776. The van der Waals surface area contributed by atoms with Crippen molar-refractivity contribution < 1.29 is 4.79 Å². The third kappa shape index (κ3) is 1.20. The Morgan fingerprint density at radius 1 is 1.83 bits per heavy atom. The van der Waals surface area contributed by atoms with Gasteiger partial charge in [0.15, 0.2) is 0 Å². The minimum atomic E-state index is -0.355. The van der Waals surface area contributed by atoms with Crippen molar-refractivity contribution in [2.24, 2.45) is 11.7 Å². The van der Waals surface area contributed by atoms with Crippen LogP contribution < -0.4 is 11.1 Å². The van der Waals surface area contributed by atoms with E-state index in [-0.39, 0.29) is 10.8 Å². The van der Waals surface area contributed by atoms with Crippen molar-refractivity contribution >= 4 is 17.7 Å². The second-order valence-corrected chi connectivity index (χ2v) is 4.84. The lowest BCUT2D eigenvalue weighted by Gasteiger charge is -2.24. The average Bonchev–Trinajstić information content (AvgIpc) is 2.77. The molecule has 0 spiro atoms. The van der Waals surface area contributed by atoms with Gasteiger partial charge < -0.3 is 11.1 Å². The Hall–Kier alpha value is -0.640. The van der Waals surface area contributed by atoms with Gasteiger partial charge in [0.2, 0.25) is 0 Å². The first kappa shape index (κ1) is 7.98. The molecule has 12 heavy (non-hydrogen) atoms. The second-order valence-electron chi connectivity index (χ2n) is 3.52. The first-order chi connectivity index (χ1) is 5.62. The number of nitrogens with two attached hydrogens (primary N) is 1. The zero-order chi connectivity index (χ0) is 8.77. The molecule has 66 valence electrons. The number of amides is 1. The molecule has 1 aliphatic heterocycles. The fraction of sp³-hybridized carbons (Fsp3) is 0.625. The van der Waals surface area contributed by atoms with E-state index in [1.807, 2.05) is 5.41 Å². The monoisotopic (exact) mass is 184 g/mol. The molecule has 0 aromatic heterocycles. The van der Waals surface area contributed by atoms with Crippen LogP contribution >= 0.6 is 11.8 Å². The van der Waals surface area contributed by atoms with E-state index in [1.54, 1.807) is 11.8 Å². The fourth-order valence-electron chi connectivity index (χ4n) is 1.46. The zero-order valence-corrected chi connectivity index (χ0v) is 7.78. The number of carbonyl (C=O) groups is 1. The van der Waals surface area contributed by atoms with Crippen LogP contribution in [0.2, 0.25) is 0 Å². The Labute approximate surface area is 75.8 Å². The molecule has 1 unspecified atom stereocenters. The third-order valence-electron chi connectivity index (χ3n) is 2.43. The van der Waals surface area contributed by atoms with Crippen LogP contribution in [0, 0.1) is 5.92 Å². The summed E-state index contributed by atoms with van der Waals surface area (Å²) in [5.41, 5.74) is 5.72. The van der Waals surface area contributed by atoms with Gasteiger partial charge in [-0.25, -0.2) is 0 Å². The van der Waals surface area contributed by atoms with E-state index >= 15 is 0 Å². The number of hydrogen-bond acceptors (Lipinski definition) is 3. The summed E-state index contributed by atoms with van der Waals surface area (Å²) in [5.74, 6) is 0.350. The Balaban J connectivity index is 2.05. The smallest absolute Gasteiger partial charge is 0.265 e. The summed E-state index contributed by atoms with van der Waals surface area (Å²) in [6, 6.07) is 0. The lowest BCUT2D eigenvalue weighted by molar-refractivity contribution is -0.115. The van der Waals surface area contributed by atoms with E-state index in [1.165, 1.54) is 12.8 Å². The molecule has 1 fully saturated rings. The van der Waals surface area contributed by atoms with Crippen LogP contribution in [-0.2, 0) is 4.79 Å². The highest BCUT2D eigenvalue weighted by Gasteiger charge is 2.45. The summed E-state index contributed by atoms with van der Waals surface area (Å²) < 4.78 is 0. The molecular formula is C8H12N2OS. The van der Waals surface area contributed by atoms with Crippen molar-refractivity contribution in [2.45, 2.75) is 24.6 Å². The number of rotatable bonds is 2. The van der Waals surface area contributed by atoms with E-state index < -0.39 is 0 Å². The second kappa shape index (κ2) is 2.42. The highest BCUT2D eigenvalue weighted by atomic mass is 32.2. The van der Waals surface area contributed by atoms with Crippen molar-refractivity contribution in [2.75, 3.05) is 0 Å². The van der Waals surface area contributed by atoms with Gasteiger partial charge >= 0.3 is 0 Å². The summed E-state index contributed by atoms with van der Waals surface area (Å²) in [7, 11) is 0. The van der Waals surface area contributed by atoms with Gasteiger partial charge in [-0.15, -0.1) is 11.8 Å². The molecule has 0 aromatic carbocycles. The molecule has 0 aromatic rings. The minimum Gasteiger partial charge on any atom is -0.366 e. The van der Waals surface area contributed by atoms with Crippen LogP contribution in [0.25, 0.3) is 0 Å².